The maximum absolute atomic E-state index is 13.2. The quantitative estimate of drug-likeness (QED) is 0.432. The second-order valence-electron chi connectivity index (χ2n) is 5.56. The van der Waals surface area contributed by atoms with Crippen LogP contribution in [0.25, 0.3) is 0 Å². The van der Waals surface area contributed by atoms with Crippen molar-refractivity contribution in [3.8, 4) is 5.75 Å². The van der Waals surface area contributed by atoms with Crippen molar-refractivity contribution in [3.63, 3.8) is 0 Å². The van der Waals surface area contributed by atoms with Gasteiger partial charge >= 0.3 is 11.8 Å². The van der Waals surface area contributed by atoms with Gasteiger partial charge in [0, 0.05) is 6.54 Å². The maximum Gasteiger partial charge on any atom is 0.329 e. The zero-order chi connectivity index (χ0) is 19.6. The normalized spacial score (nSPS) is 10.6. The molecule has 2 aromatic rings. The number of hydrazone groups is 1. The molecule has 2 rings (SSSR count). The Morgan fingerprint density at radius 2 is 2.04 bits per heavy atom. The molecule has 8 heteroatoms. The average molecular weight is 392 g/mol. The molecule has 0 bridgehead atoms. The summed E-state index contributed by atoms with van der Waals surface area (Å²) in [5.41, 5.74) is 3.42. The van der Waals surface area contributed by atoms with Crippen molar-refractivity contribution in [2.24, 2.45) is 5.10 Å². The van der Waals surface area contributed by atoms with Gasteiger partial charge in [-0.15, -0.1) is 0 Å². The van der Waals surface area contributed by atoms with Crippen molar-refractivity contribution in [1.29, 1.82) is 0 Å². The summed E-state index contributed by atoms with van der Waals surface area (Å²) >= 11 is 6.16. The Bertz CT molecular complexity index is 843. The molecule has 2 aromatic carbocycles. The van der Waals surface area contributed by atoms with Crippen LogP contribution in [0, 0.1) is 5.82 Å². The standard InChI is InChI=1S/C19H19ClFN3O3/c1-2-8-22-18(25)19(26)24-23-11-13-6-7-17(16(20)10-13)27-12-14-4-3-5-15(21)9-14/h3-7,9-11H,2,8,12H2,1H3,(H,22,25)(H,24,26)/b23-11-. The Hall–Kier alpha value is -2.93. The number of nitrogens with one attached hydrogen (secondary N) is 2. The summed E-state index contributed by atoms with van der Waals surface area (Å²) in [6.07, 6.45) is 2.08. The first-order valence-corrected chi connectivity index (χ1v) is 8.65. The van der Waals surface area contributed by atoms with Crippen molar-refractivity contribution >= 4 is 29.6 Å². The molecule has 0 aromatic heterocycles. The second kappa shape index (κ2) is 10.3. The van der Waals surface area contributed by atoms with Gasteiger partial charge in [0.15, 0.2) is 0 Å². The molecule has 0 aliphatic carbocycles. The van der Waals surface area contributed by atoms with Gasteiger partial charge in [-0.25, -0.2) is 9.82 Å². The van der Waals surface area contributed by atoms with Gasteiger partial charge in [-0.05, 0) is 47.9 Å². The zero-order valence-electron chi connectivity index (χ0n) is 14.7. The molecule has 0 radical (unpaired) electrons. The Morgan fingerprint density at radius 3 is 2.74 bits per heavy atom. The van der Waals surface area contributed by atoms with Crippen molar-refractivity contribution < 1.29 is 18.7 Å². The molecule has 0 saturated carbocycles. The Kier molecular flexibility index (Phi) is 7.76. The zero-order valence-corrected chi connectivity index (χ0v) is 15.4. The number of amides is 2. The van der Waals surface area contributed by atoms with Crippen molar-refractivity contribution in [2.45, 2.75) is 20.0 Å². The highest BCUT2D eigenvalue weighted by Crippen LogP contribution is 2.25. The summed E-state index contributed by atoms with van der Waals surface area (Å²) in [7, 11) is 0. The first kappa shape index (κ1) is 20.4. The largest absolute Gasteiger partial charge is 0.487 e. The first-order chi connectivity index (χ1) is 13.0. The van der Waals surface area contributed by atoms with Crippen LogP contribution in [-0.2, 0) is 16.2 Å². The summed E-state index contributed by atoms with van der Waals surface area (Å²) in [6.45, 7) is 2.47. The number of rotatable bonds is 7. The fourth-order valence-corrected chi connectivity index (χ4v) is 2.28. The molecular weight excluding hydrogens is 373 g/mol. The summed E-state index contributed by atoms with van der Waals surface area (Å²) < 4.78 is 18.7. The second-order valence-corrected chi connectivity index (χ2v) is 5.97. The van der Waals surface area contributed by atoms with E-state index < -0.39 is 11.8 Å². The fourth-order valence-electron chi connectivity index (χ4n) is 2.04. The van der Waals surface area contributed by atoms with Crippen LogP contribution in [0.4, 0.5) is 4.39 Å². The van der Waals surface area contributed by atoms with E-state index in [4.69, 9.17) is 16.3 Å². The van der Waals surface area contributed by atoms with E-state index in [9.17, 15) is 14.0 Å². The van der Waals surface area contributed by atoms with Gasteiger partial charge in [0.05, 0.1) is 11.2 Å². The number of nitrogens with zero attached hydrogens (tertiary/aromatic N) is 1. The lowest BCUT2D eigenvalue weighted by molar-refractivity contribution is -0.139. The molecule has 6 nitrogen and oxygen atoms in total. The molecule has 0 atom stereocenters. The van der Waals surface area contributed by atoms with E-state index in [1.54, 1.807) is 30.3 Å². The van der Waals surface area contributed by atoms with Gasteiger partial charge in [0.1, 0.15) is 18.2 Å². The molecule has 2 amide bonds. The van der Waals surface area contributed by atoms with Crippen molar-refractivity contribution in [2.75, 3.05) is 6.54 Å². The van der Waals surface area contributed by atoms with Crippen LogP contribution in [0.15, 0.2) is 47.6 Å². The molecular formula is C19H19ClFN3O3. The molecule has 2 N–H and O–H groups in total. The van der Waals surface area contributed by atoms with Crippen LogP contribution in [0.5, 0.6) is 5.75 Å². The smallest absolute Gasteiger partial charge is 0.329 e. The molecule has 0 saturated heterocycles. The van der Waals surface area contributed by atoms with Crippen LogP contribution in [0.3, 0.4) is 0 Å². The van der Waals surface area contributed by atoms with Crippen molar-refractivity contribution in [1.82, 2.24) is 10.7 Å². The lowest BCUT2D eigenvalue weighted by Crippen LogP contribution is -2.38. The maximum atomic E-state index is 13.2. The van der Waals surface area contributed by atoms with Gasteiger partial charge in [-0.1, -0.05) is 30.7 Å². The molecule has 0 heterocycles. The summed E-state index contributed by atoms with van der Waals surface area (Å²) in [6, 6.07) is 11.0. The number of hydrogen-bond donors (Lipinski definition) is 2. The van der Waals surface area contributed by atoms with E-state index in [-0.39, 0.29) is 12.4 Å². The third-order valence-electron chi connectivity index (χ3n) is 3.36. The highest BCUT2D eigenvalue weighted by molar-refractivity contribution is 6.35. The van der Waals surface area contributed by atoms with Gasteiger partial charge in [-0.2, -0.15) is 5.10 Å². The van der Waals surface area contributed by atoms with E-state index in [2.05, 4.69) is 15.8 Å². The monoisotopic (exact) mass is 391 g/mol. The Balaban J connectivity index is 1.90. The molecule has 0 fully saturated rings. The molecule has 27 heavy (non-hydrogen) atoms. The number of carbonyl (C=O) groups is 2. The van der Waals surface area contributed by atoms with E-state index in [1.807, 2.05) is 6.92 Å². The Labute approximate surface area is 161 Å². The summed E-state index contributed by atoms with van der Waals surface area (Å²) in [5, 5.41) is 6.50. The summed E-state index contributed by atoms with van der Waals surface area (Å²) in [4.78, 5) is 22.9. The molecule has 0 spiro atoms. The number of ether oxygens (including phenoxy) is 1. The average Bonchev–Trinajstić information content (AvgIpc) is 2.65. The van der Waals surface area contributed by atoms with E-state index >= 15 is 0 Å². The third kappa shape index (κ3) is 6.71. The van der Waals surface area contributed by atoms with Crippen molar-refractivity contribution in [3.05, 3.63) is 64.4 Å². The number of carbonyl (C=O) groups excluding carboxylic acids is 2. The predicted molar refractivity (Wildman–Crippen MR) is 101 cm³/mol. The molecule has 142 valence electrons. The van der Waals surface area contributed by atoms with Crippen LogP contribution < -0.4 is 15.5 Å². The highest BCUT2D eigenvalue weighted by Gasteiger charge is 2.10. The number of benzene rings is 2. The number of hydrogen-bond acceptors (Lipinski definition) is 4. The molecule has 0 aliphatic heterocycles. The Morgan fingerprint density at radius 1 is 1.22 bits per heavy atom. The predicted octanol–water partition coefficient (Wildman–Crippen LogP) is 3.03. The minimum Gasteiger partial charge on any atom is -0.487 e. The van der Waals surface area contributed by atoms with Crippen LogP contribution >= 0.6 is 11.6 Å². The molecule has 0 unspecified atom stereocenters. The summed E-state index contributed by atoms with van der Waals surface area (Å²) in [5.74, 6) is -1.49. The van der Waals surface area contributed by atoms with Crippen LogP contribution in [-0.4, -0.2) is 24.6 Å². The highest BCUT2D eigenvalue weighted by atomic mass is 35.5. The van der Waals surface area contributed by atoms with E-state index in [0.29, 0.717) is 28.4 Å². The van der Waals surface area contributed by atoms with Crippen LogP contribution in [0.1, 0.15) is 24.5 Å². The number of halogens is 2. The SMILES string of the molecule is CCCNC(=O)C(=O)N/N=C\c1ccc(OCc2cccc(F)c2)c(Cl)c1. The van der Waals surface area contributed by atoms with E-state index in [1.165, 1.54) is 18.3 Å². The minimum absolute atomic E-state index is 0.174. The lowest BCUT2D eigenvalue weighted by atomic mass is 10.2. The third-order valence-corrected chi connectivity index (χ3v) is 3.66. The van der Waals surface area contributed by atoms with E-state index in [0.717, 1.165) is 6.42 Å². The lowest BCUT2D eigenvalue weighted by Gasteiger charge is -2.08. The minimum atomic E-state index is -0.846. The first-order valence-electron chi connectivity index (χ1n) is 8.27. The van der Waals surface area contributed by atoms with Gasteiger partial charge in [0.2, 0.25) is 0 Å². The topological polar surface area (TPSA) is 79.8 Å². The van der Waals surface area contributed by atoms with Gasteiger partial charge in [-0.3, -0.25) is 9.59 Å². The van der Waals surface area contributed by atoms with Gasteiger partial charge in [0.25, 0.3) is 0 Å². The fraction of sp³-hybridized carbons (Fsp3) is 0.211. The van der Waals surface area contributed by atoms with Gasteiger partial charge < -0.3 is 10.1 Å². The van der Waals surface area contributed by atoms with Crippen LogP contribution in [0.2, 0.25) is 5.02 Å². The molecule has 0 aliphatic rings.